The van der Waals surface area contributed by atoms with Crippen molar-refractivity contribution in [1.82, 2.24) is 9.88 Å². The van der Waals surface area contributed by atoms with Crippen molar-refractivity contribution >= 4 is 28.3 Å². The number of aliphatic carboxylic acids is 1. The third-order valence-electron chi connectivity index (χ3n) is 4.37. The molecule has 10 heteroatoms. The molecule has 0 spiro atoms. The Labute approximate surface area is 173 Å². The zero-order valence-electron chi connectivity index (χ0n) is 17.9. The molecule has 0 saturated carbocycles. The highest BCUT2D eigenvalue weighted by molar-refractivity contribution is 7.16. The molecular formula is C19H30F3N3O3S. The maximum absolute atomic E-state index is 12.5. The Morgan fingerprint density at radius 2 is 1.72 bits per heavy atom. The molecule has 0 radical (unpaired) electrons. The number of rotatable bonds is 3. The Kier molecular flexibility index (Phi) is 7.86. The van der Waals surface area contributed by atoms with Crippen LogP contribution in [0.4, 0.5) is 18.3 Å². The highest BCUT2D eigenvalue weighted by Crippen LogP contribution is 2.35. The molecular weight excluding hydrogens is 407 g/mol. The number of carbonyl (C=O) groups is 2. The van der Waals surface area contributed by atoms with E-state index in [2.05, 4.69) is 63.7 Å². The SMILES string of the molecule is CCc1nc(NC(=O)C2CCN2C(C)(C)C)sc1C(C)(C)C.O=C(O)C(F)(F)F. The topological polar surface area (TPSA) is 82.5 Å². The minimum Gasteiger partial charge on any atom is -0.475 e. The number of hydrogen-bond donors (Lipinski definition) is 2. The van der Waals surface area contributed by atoms with Gasteiger partial charge >= 0.3 is 12.1 Å². The van der Waals surface area contributed by atoms with Crippen molar-refractivity contribution < 1.29 is 27.9 Å². The lowest BCUT2D eigenvalue weighted by atomic mass is 9.92. The number of amides is 1. The van der Waals surface area contributed by atoms with Gasteiger partial charge in [-0.3, -0.25) is 9.69 Å². The van der Waals surface area contributed by atoms with Gasteiger partial charge in [-0.2, -0.15) is 13.2 Å². The van der Waals surface area contributed by atoms with E-state index in [9.17, 15) is 18.0 Å². The predicted molar refractivity (Wildman–Crippen MR) is 107 cm³/mol. The number of anilines is 1. The second-order valence-corrected chi connectivity index (χ2v) is 9.86. The molecule has 166 valence electrons. The molecule has 1 atom stereocenters. The summed E-state index contributed by atoms with van der Waals surface area (Å²) >= 11 is 1.62. The van der Waals surface area contributed by atoms with Crippen LogP contribution in [-0.4, -0.2) is 51.2 Å². The fourth-order valence-corrected chi connectivity index (χ4v) is 4.00. The summed E-state index contributed by atoms with van der Waals surface area (Å²) in [6.07, 6.45) is -3.25. The molecule has 2 heterocycles. The van der Waals surface area contributed by atoms with E-state index in [1.54, 1.807) is 11.3 Å². The van der Waals surface area contributed by atoms with Gasteiger partial charge in [-0.15, -0.1) is 11.3 Å². The number of hydrogen-bond acceptors (Lipinski definition) is 5. The molecule has 6 nitrogen and oxygen atoms in total. The molecule has 1 aromatic rings. The number of carboxylic acids is 1. The number of halogens is 3. The fourth-order valence-electron chi connectivity index (χ4n) is 2.88. The van der Waals surface area contributed by atoms with Crippen LogP contribution in [0.3, 0.4) is 0 Å². The van der Waals surface area contributed by atoms with Crippen molar-refractivity contribution in [2.45, 2.75) is 84.5 Å². The van der Waals surface area contributed by atoms with Gasteiger partial charge < -0.3 is 10.4 Å². The van der Waals surface area contributed by atoms with E-state index in [4.69, 9.17) is 9.90 Å². The quantitative estimate of drug-likeness (QED) is 0.730. The average Bonchev–Trinajstić information content (AvgIpc) is 2.86. The largest absolute Gasteiger partial charge is 0.490 e. The molecule has 1 saturated heterocycles. The van der Waals surface area contributed by atoms with Gasteiger partial charge in [0.05, 0.1) is 11.7 Å². The van der Waals surface area contributed by atoms with Crippen molar-refractivity contribution in [3.8, 4) is 0 Å². The first-order chi connectivity index (χ1) is 13.0. The zero-order valence-corrected chi connectivity index (χ0v) is 18.7. The van der Waals surface area contributed by atoms with Gasteiger partial charge in [0.25, 0.3) is 0 Å². The maximum Gasteiger partial charge on any atom is 0.490 e. The predicted octanol–water partition coefficient (Wildman–Crippen LogP) is 4.45. The summed E-state index contributed by atoms with van der Waals surface area (Å²) in [5.74, 6) is -2.68. The fraction of sp³-hybridized carbons (Fsp3) is 0.737. The van der Waals surface area contributed by atoms with Crippen LogP contribution in [0.2, 0.25) is 0 Å². The highest BCUT2D eigenvalue weighted by atomic mass is 32.1. The van der Waals surface area contributed by atoms with Crippen LogP contribution in [0.5, 0.6) is 0 Å². The number of alkyl halides is 3. The van der Waals surface area contributed by atoms with Crippen LogP contribution in [0.15, 0.2) is 0 Å². The summed E-state index contributed by atoms with van der Waals surface area (Å²) in [5.41, 5.74) is 1.21. The molecule has 1 aromatic heterocycles. The zero-order chi connectivity index (χ0) is 22.8. The Balaban J connectivity index is 0.000000516. The molecule has 0 bridgehead atoms. The van der Waals surface area contributed by atoms with E-state index in [1.807, 2.05) is 0 Å². The van der Waals surface area contributed by atoms with Crippen LogP contribution in [0.25, 0.3) is 0 Å². The molecule has 1 amide bonds. The lowest BCUT2D eigenvalue weighted by molar-refractivity contribution is -0.192. The number of nitrogens with one attached hydrogen (secondary N) is 1. The Morgan fingerprint density at radius 1 is 1.21 bits per heavy atom. The summed E-state index contributed by atoms with van der Waals surface area (Å²) in [6, 6.07) is -0.0212. The van der Waals surface area contributed by atoms with Crippen LogP contribution in [0.1, 0.15) is 65.5 Å². The first-order valence-corrected chi connectivity index (χ1v) is 10.2. The van der Waals surface area contributed by atoms with Crippen LogP contribution in [0, 0.1) is 0 Å². The summed E-state index contributed by atoms with van der Waals surface area (Å²) in [4.78, 5) is 29.6. The van der Waals surface area contributed by atoms with Crippen molar-refractivity contribution in [3.63, 3.8) is 0 Å². The minimum atomic E-state index is -5.08. The maximum atomic E-state index is 12.5. The number of carbonyl (C=O) groups excluding carboxylic acids is 1. The van der Waals surface area contributed by atoms with E-state index in [-0.39, 0.29) is 22.9 Å². The van der Waals surface area contributed by atoms with E-state index >= 15 is 0 Å². The lowest BCUT2D eigenvalue weighted by Crippen LogP contribution is -2.61. The smallest absolute Gasteiger partial charge is 0.475 e. The minimum absolute atomic E-state index is 0.0212. The number of aromatic nitrogens is 1. The van der Waals surface area contributed by atoms with E-state index < -0.39 is 12.1 Å². The van der Waals surface area contributed by atoms with Gasteiger partial charge in [0.15, 0.2) is 5.13 Å². The first-order valence-electron chi connectivity index (χ1n) is 9.36. The normalized spacial score (nSPS) is 17.8. The standard InChI is InChI=1S/C17H29N3OS.C2HF3O2/c1-8-11-13(16(2,3)4)22-15(18-11)19-14(21)12-9-10-20(12)17(5,6)7;3-2(4,5)1(6)7/h12H,8-10H2,1-7H3,(H,18,19,21);(H,6,7). The van der Waals surface area contributed by atoms with Crippen LogP contribution in [-0.2, 0) is 21.4 Å². The summed E-state index contributed by atoms with van der Waals surface area (Å²) in [7, 11) is 0. The monoisotopic (exact) mass is 437 g/mol. The molecule has 2 rings (SSSR count). The second kappa shape index (κ2) is 8.99. The molecule has 29 heavy (non-hydrogen) atoms. The van der Waals surface area contributed by atoms with E-state index in [0.717, 1.165) is 30.2 Å². The van der Waals surface area contributed by atoms with Crippen LogP contribution >= 0.6 is 11.3 Å². The van der Waals surface area contributed by atoms with Gasteiger partial charge in [0.2, 0.25) is 5.91 Å². The molecule has 1 fully saturated rings. The van der Waals surface area contributed by atoms with E-state index in [1.165, 1.54) is 4.88 Å². The molecule has 0 aliphatic carbocycles. The third kappa shape index (κ3) is 6.95. The van der Waals surface area contributed by atoms with Crippen molar-refractivity contribution in [2.75, 3.05) is 11.9 Å². The van der Waals surface area contributed by atoms with Gasteiger partial charge in [-0.05, 0) is 39.0 Å². The van der Waals surface area contributed by atoms with Crippen molar-refractivity contribution in [2.24, 2.45) is 0 Å². The van der Waals surface area contributed by atoms with Gasteiger partial charge in [0.1, 0.15) is 0 Å². The first kappa shape index (κ1) is 25.4. The van der Waals surface area contributed by atoms with Gasteiger partial charge in [-0.1, -0.05) is 27.7 Å². The second-order valence-electron chi connectivity index (χ2n) is 8.86. The Morgan fingerprint density at radius 3 is 2.00 bits per heavy atom. The van der Waals surface area contributed by atoms with Crippen LogP contribution < -0.4 is 5.32 Å². The molecule has 0 aromatic carbocycles. The third-order valence-corrected chi connectivity index (χ3v) is 5.81. The summed E-state index contributed by atoms with van der Waals surface area (Å²) in [6.45, 7) is 16.2. The molecule has 1 aliphatic rings. The lowest BCUT2D eigenvalue weighted by Gasteiger charge is -2.48. The van der Waals surface area contributed by atoms with Crippen molar-refractivity contribution in [1.29, 1.82) is 0 Å². The molecule has 2 N–H and O–H groups in total. The number of aryl methyl sites for hydroxylation is 1. The van der Waals surface area contributed by atoms with Crippen molar-refractivity contribution in [3.05, 3.63) is 10.6 Å². The number of likely N-dealkylation sites (tertiary alicyclic amines) is 1. The Bertz CT molecular complexity index is 734. The molecule has 1 aliphatic heterocycles. The van der Waals surface area contributed by atoms with Gasteiger partial charge in [0, 0.05) is 17.0 Å². The Hall–Kier alpha value is -1.68. The highest BCUT2D eigenvalue weighted by Gasteiger charge is 2.41. The van der Waals surface area contributed by atoms with E-state index in [0.29, 0.717) is 0 Å². The number of nitrogens with zero attached hydrogens (tertiary/aromatic N) is 2. The number of carboxylic acid groups (broad SMARTS) is 1. The summed E-state index contributed by atoms with van der Waals surface area (Å²) in [5, 5.41) is 10.9. The molecule has 1 unspecified atom stereocenters. The number of thiazole rings is 1. The summed E-state index contributed by atoms with van der Waals surface area (Å²) < 4.78 is 31.7. The van der Waals surface area contributed by atoms with Gasteiger partial charge in [-0.25, -0.2) is 9.78 Å². The average molecular weight is 438 g/mol.